The van der Waals surface area contributed by atoms with Gasteiger partial charge >= 0.3 is 0 Å². The number of carbonyl (C=O) groups is 2. The fourth-order valence-electron chi connectivity index (χ4n) is 5.75. The van der Waals surface area contributed by atoms with E-state index >= 15 is 0 Å². The Morgan fingerprint density at radius 3 is 2.56 bits per heavy atom. The van der Waals surface area contributed by atoms with Gasteiger partial charge in [0, 0.05) is 43.3 Å². The summed E-state index contributed by atoms with van der Waals surface area (Å²) in [6.07, 6.45) is 6.72. The van der Waals surface area contributed by atoms with E-state index in [0.717, 1.165) is 38.2 Å². The largest absolute Gasteiger partial charge is 0.378 e. The van der Waals surface area contributed by atoms with E-state index in [-0.39, 0.29) is 35.6 Å². The van der Waals surface area contributed by atoms with E-state index in [2.05, 4.69) is 44.4 Å². The molecule has 1 saturated carbocycles. The third-order valence-corrected chi connectivity index (χ3v) is 8.05. The Labute approximate surface area is 213 Å². The molecule has 2 aliphatic carbocycles. The third kappa shape index (κ3) is 3.92. The maximum atomic E-state index is 12.9. The first-order valence-corrected chi connectivity index (χ1v) is 12.6. The number of benzene rings is 1. The number of hydrogen-bond acceptors (Lipinski definition) is 6. The number of carbonyl (C=O) groups excluding carboxylic acids is 2. The first-order chi connectivity index (χ1) is 17.4. The maximum Gasteiger partial charge on any atom is 0.253 e. The number of imidazole rings is 1. The minimum Gasteiger partial charge on any atom is -0.378 e. The second kappa shape index (κ2) is 8.90. The van der Waals surface area contributed by atoms with Gasteiger partial charge in [0.25, 0.3) is 5.91 Å². The van der Waals surface area contributed by atoms with Gasteiger partial charge in [0.1, 0.15) is 11.3 Å². The topological polar surface area (TPSA) is 120 Å². The number of primary amides is 1. The van der Waals surface area contributed by atoms with Crippen molar-refractivity contribution in [3.8, 4) is 11.4 Å². The molecule has 0 spiro atoms. The summed E-state index contributed by atoms with van der Waals surface area (Å²) in [5.41, 5.74) is 9.09. The number of pyridine rings is 1. The number of anilines is 1. The van der Waals surface area contributed by atoms with Crippen LogP contribution in [0.1, 0.15) is 16.8 Å². The van der Waals surface area contributed by atoms with Gasteiger partial charge in [-0.05, 0) is 37.4 Å². The molecule has 2 fully saturated rings. The maximum absolute atomic E-state index is 12.9. The number of piperazine rings is 1. The third-order valence-electron chi connectivity index (χ3n) is 7.77. The van der Waals surface area contributed by atoms with Gasteiger partial charge in [0.15, 0.2) is 5.65 Å². The number of nitrogens with one attached hydrogen (secondary N) is 2. The van der Waals surface area contributed by atoms with Crippen LogP contribution < -0.4 is 11.1 Å². The molecule has 3 aromatic rings. The summed E-state index contributed by atoms with van der Waals surface area (Å²) in [6.45, 7) is 3.23. The van der Waals surface area contributed by atoms with Crippen LogP contribution in [-0.2, 0) is 4.79 Å². The lowest BCUT2D eigenvalue weighted by Crippen LogP contribution is -2.47. The molecule has 3 aliphatic rings. The number of nitrogens with zero attached hydrogens (tertiary/aromatic N) is 4. The Balaban J connectivity index is 1.26. The lowest BCUT2D eigenvalue weighted by atomic mass is 9.88. The van der Waals surface area contributed by atoms with Crippen LogP contribution in [0, 0.1) is 17.8 Å². The number of allylic oxidation sites excluding steroid dienone is 1. The molecule has 36 heavy (non-hydrogen) atoms. The van der Waals surface area contributed by atoms with Crippen molar-refractivity contribution >= 4 is 40.3 Å². The van der Waals surface area contributed by atoms with Crippen molar-refractivity contribution in [2.75, 3.05) is 38.5 Å². The Bertz CT molecular complexity index is 1360. The van der Waals surface area contributed by atoms with E-state index in [0.29, 0.717) is 33.3 Å². The lowest BCUT2D eigenvalue weighted by Gasteiger charge is -2.32. The monoisotopic (exact) mass is 505 g/mol. The van der Waals surface area contributed by atoms with Crippen LogP contribution >= 0.6 is 11.6 Å². The number of rotatable bonds is 5. The number of amides is 2. The number of hydrogen-bond donors (Lipinski definition) is 3. The van der Waals surface area contributed by atoms with Gasteiger partial charge in [-0.15, -0.1) is 0 Å². The number of likely N-dealkylation sites (N-methyl/N-ethyl adjacent to an activating group) is 1. The fraction of sp³-hybridized carbons (Fsp3) is 0.385. The summed E-state index contributed by atoms with van der Waals surface area (Å²) in [7, 11) is 2.07. The molecule has 10 heteroatoms. The van der Waals surface area contributed by atoms with E-state index < -0.39 is 0 Å². The van der Waals surface area contributed by atoms with E-state index in [1.54, 1.807) is 6.20 Å². The Morgan fingerprint density at radius 2 is 1.83 bits per heavy atom. The van der Waals surface area contributed by atoms with Crippen molar-refractivity contribution in [1.82, 2.24) is 24.8 Å². The van der Waals surface area contributed by atoms with Crippen molar-refractivity contribution in [3.63, 3.8) is 0 Å². The van der Waals surface area contributed by atoms with Crippen LogP contribution in [0.2, 0.25) is 5.02 Å². The molecule has 1 aromatic carbocycles. The normalized spacial score (nSPS) is 25.6. The fourth-order valence-corrected chi connectivity index (χ4v) is 5.95. The molecule has 4 N–H and O–H groups in total. The molecule has 3 heterocycles. The van der Waals surface area contributed by atoms with Crippen molar-refractivity contribution in [3.05, 3.63) is 53.2 Å². The minimum absolute atomic E-state index is 0.0445. The predicted molar refractivity (Wildman–Crippen MR) is 139 cm³/mol. The summed E-state index contributed by atoms with van der Waals surface area (Å²) in [4.78, 5) is 41.6. The smallest absolute Gasteiger partial charge is 0.253 e. The Morgan fingerprint density at radius 1 is 1.11 bits per heavy atom. The molecule has 4 atom stereocenters. The average Bonchev–Trinajstić information content (AvgIpc) is 3.61. The van der Waals surface area contributed by atoms with E-state index in [1.165, 1.54) is 0 Å². The van der Waals surface area contributed by atoms with Crippen LogP contribution in [0.4, 0.5) is 5.69 Å². The SMILES string of the molecule is CN1CCN(C(=O)c2ccc(-c3nc4ncc(Cl)c(N[C@H]5[C@@H](C(N)=O)[C@@H]6C=C[C@H]5C6)c4[nH]3)cc2)CC1. The van der Waals surface area contributed by atoms with Crippen LogP contribution in [0.25, 0.3) is 22.6 Å². The van der Waals surface area contributed by atoms with Crippen LogP contribution in [0.15, 0.2) is 42.6 Å². The Hall–Kier alpha value is -3.43. The summed E-state index contributed by atoms with van der Waals surface area (Å²) in [6, 6.07) is 7.31. The number of nitrogens with two attached hydrogens (primary N) is 1. The van der Waals surface area contributed by atoms with Crippen molar-refractivity contribution in [2.45, 2.75) is 12.5 Å². The van der Waals surface area contributed by atoms with Gasteiger partial charge in [-0.2, -0.15) is 0 Å². The average molecular weight is 506 g/mol. The molecule has 2 aromatic heterocycles. The Kier molecular flexibility index (Phi) is 5.69. The van der Waals surface area contributed by atoms with Gasteiger partial charge in [-0.25, -0.2) is 9.97 Å². The molecule has 0 unspecified atom stereocenters. The predicted octanol–water partition coefficient (Wildman–Crippen LogP) is 2.75. The summed E-state index contributed by atoms with van der Waals surface area (Å²) in [5, 5.41) is 3.94. The summed E-state index contributed by atoms with van der Waals surface area (Å²) >= 11 is 6.55. The van der Waals surface area contributed by atoms with Crippen molar-refractivity contribution in [1.29, 1.82) is 0 Å². The second-order valence-electron chi connectivity index (χ2n) is 9.98. The van der Waals surface area contributed by atoms with E-state index in [1.807, 2.05) is 29.2 Å². The highest BCUT2D eigenvalue weighted by Gasteiger charge is 2.47. The highest BCUT2D eigenvalue weighted by atomic mass is 35.5. The highest BCUT2D eigenvalue weighted by molar-refractivity contribution is 6.34. The molecule has 186 valence electrons. The number of aromatic amines is 1. The molecule has 6 rings (SSSR count). The summed E-state index contributed by atoms with van der Waals surface area (Å²) in [5.74, 6) is 0.461. The first-order valence-electron chi connectivity index (χ1n) is 12.3. The van der Waals surface area contributed by atoms with Crippen LogP contribution in [0.3, 0.4) is 0 Å². The van der Waals surface area contributed by atoms with Crippen LogP contribution in [-0.4, -0.2) is 75.8 Å². The highest BCUT2D eigenvalue weighted by Crippen LogP contribution is 2.46. The van der Waals surface area contributed by atoms with E-state index in [4.69, 9.17) is 17.3 Å². The lowest BCUT2D eigenvalue weighted by molar-refractivity contribution is -0.122. The number of halogens is 1. The number of aromatic nitrogens is 3. The summed E-state index contributed by atoms with van der Waals surface area (Å²) < 4.78 is 0. The van der Waals surface area contributed by atoms with Gasteiger partial charge < -0.3 is 25.8 Å². The van der Waals surface area contributed by atoms with Gasteiger partial charge in [0.2, 0.25) is 5.91 Å². The molecule has 2 amide bonds. The zero-order valence-electron chi connectivity index (χ0n) is 19.9. The standard InChI is InChI=1S/C26H28ClN7O2/c1-33-8-10-34(11-9-33)26(36)15-4-2-14(3-5-15)24-31-22-21(18(27)13-29-25(22)32-24)30-20-17-7-6-16(12-17)19(20)23(28)35/h2-7,13,16-17,19-20H,8-12H2,1H3,(H2,28,35)(H2,29,30,31,32)/t16-,17+,19+,20-/m1/s1. The molecular formula is C26H28ClN7O2. The molecule has 2 bridgehead atoms. The quantitative estimate of drug-likeness (QED) is 0.458. The molecular weight excluding hydrogens is 478 g/mol. The second-order valence-corrected chi connectivity index (χ2v) is 10.4. The molecule has 1 saturated heterocycles. The number of fused-ring (bicyclic) bond motifs is 3. The first kappa shape index (κ1) is 23.0. The molecule has 9 nitrogen and oxygen atoms in total. The van der Waals surface area contributed by atoms with Gasteiger partial charge in [-0.1, -0.05) is 35.9 Å². The van der Waals surface area contributed by atoms with E-state index in [9.17, 15) is 9.59 Å². The zero-order valence-corrected chi connectivity index (χ0v) is 20.7. The van der Waals surface area contributed by atoms with Crippen molar-refractivity contribution < 1.29 is 9.59 Å². The van der Waals surface area contributed by atoms with Crippen molar-refractivity contribution in [2.24, 2.45) is 23.5 Å². The van der Waals surface area contributed by atoms with Gasteiger partial charge in [0.05, 0.1) is 22.8 Å². The number of H-pyrrole nitrogens is 1. The minimum atomic E-state index is -0.303. The van der Waals surface area contributed by atoms with Crippen LogP contribution in [0.5, 0.6) is 0 Å². The zero-order chi connectivity index (χ0) is 25.0. The molecule has 1 aliphatic heterocycles. The molecule has 0 radical (unpaired) electrons. The van der Waals surface area contributed by atoms with Gasteiger partial charge in [-0.3, -0.25) is 9.59 Å².